The molecule has 0 saturated carbocycles. The zero-order chi connectivity index (χ0) is 19.7. The minimum atomic E-state index is -0.639. The Bertz CT molecular complexity index is 1200. The summed E-state index contributed by atoms with van der Waals surface area (Å²) < 4.78 is 0. The summed E-state index contributed by atoms with van der Waals surface area (Å²) >= 11 is 6.08. The van der Waals surface area contributed by atoms with E-state index in [0.29, 0.717) is 22.7 Å². The van der Waals surface area contributed by atoms with Crippen molar-refractivity contribution in [3.8, 4) is 11.4 Å². The zero-order valence-corrected chi connectivity index (χ0v) is 15.2. The highest BCUT2D eigenvalue weighted by atomic mass is 35.5. The van der Waals surface area contributed by atoms with E-state index in [9.17, 15) is 9.59 Å². The Morgan fingerprint density at radius 1 is 1.07 bits per heavy atom. The monoisotopic (exact) mass is 391 g/mol. The molecule has 0 spiro atoms. The molecule has 0 aliphatic carbocycles. The Kier molecular flexibility index (Phi) is 4.50. The van der Waals surface area contributed by atoms with E-state index in [1.54, 1.807) is 6.07 Å². The third-order valence-corrected chi connectivity index (χ3v) is 4.47. The molecule has 2 aromatic carbocycles. The molecule has 4 rings (SSSR count). The van der Waals surface area contributed by atoms with Crippen LogP contribution in [0.25, 0.3) is 22.6 Å². The van der Waals surface area contributed by atoms with Gasteiger partial charge in [-0.2, -0.15) is 0 Å². The summed E-state index contributed by atoms with van der Waals surface area (Å²) in [4.78, 5) is 35.8. The van der Waals surface area contributed by atoms with Gasteiger partial charge in [-0.15, -0.1) is 0 Å². The lowest BCUT2D eigenvalue weighted by Gasteiger charge is -2.07. The van der Waals surface area contributed by atoms with Crippen LogP contribution in [0.5, 0.6) is 0 Å². The third kappa shape index (κ3) is 3.43. The highest BCUT2D eigenvalue weighted by Crippen LogP contribution is 2.23. The minimum absolute atomic E-state index is 0.146. The molecule has 2 aromatic heterocycles. The average molecular weight is 392 g/mol. The molecule has 4 N–H and O–H groups in total. The highest BCUT2D eigenvalue weighted by molar-refractivity contribution is 6.34. The first-order valence-electron chi connectivity index (χ1n) is 8.33. The van der Waals surface area contributed by atoms with Crippen LogP contribution in [0.3, 0.4) is 0 Å². The Morgan fingerprint density at radius 2 is 1.86 bits per heavy atom. The van der Waals surface area contributed by atoms with Crippen molar-refractivity contribution in [2.45, 2.75) is 0 Å². The summed E-state index contributed by atoms with van der Waals surface area (Å²) in [5.74, 6) is -0.430. The van der Waals surface area contributed by atoms with E-state index in [1.165, 1.54) is 24.4 Å². The quantitative estimate of drug-likeness (QED) is 0.492. The van der Waals surface area contributed by atoms with Crippen LogP contribution in [-0.2, 0) is 0 Å². The number of hydrogen-bond acceptors (Lipinski definition) is 4. The lowest BCUT2D eigenvalue weighted by Crippen LogP contribution is -2.16. The molecule has 7 nitrogen and oxygen atoms in total. The molecule has 0 saturated heterocycles. The van der Waals surface area contributed by atoms with Crippen molar-refractivity contribution in [1.82, 2.24) is 15.0 Å². The summed E-state index contributed by atoms with van der Waals surface area (Å²) in [6.07, 6.45) is 1.50. The van der Waals surface area contributed by atoms with Crippen LogP contribution >= 0.6 is 11.6 Å². The lowest BCUT2D eigenvalue weighted by atomic mass is 10.1. The van der Waals surface area contributed by atoms with Crippen molar-refractivity contribution in [2.24, 2.45) is 5.73 Å². The number of nitrogens with zero attached hydrogens (tertiary/aromatic N) is 2. The van der Waals surface area contributed by atoms with Gasteiger partial charge < -0.3 is 16.0 Å². The van der Waals surface area contributed by atoms with Crippen molar-refractivity contribution < 1.29 is 9.59 Å². The number of nitrogens with two attached hydrogens (primary N) is 1. The first kappa shape index (κ1) is 17.7. The predicted molar refractivity (Wildman–Crippen MR) is 107 cm³/mol. The molecule has 138 valence electrons. The molecule has 0 aliphatic rings. The van der Waals surface area contributed by atoms with Gasteiger partial charge in [0.1, 0.15) is 5.82 Å². The second kappa shape index (κ2) is 7.13. The molecule has 0 unspecified atom stereocenters. The molecule has 0 atom stereocenters. The average Bonchev–Trinajstić information content (AvgIpc) is 3.12. The molecular formula is C20H14ClN5O2. The molecule has 2 heterocycles. The molecular weight excluding hydrogens is 378 g/mol. The van der Waals surface area contributed by atoms with Gasteiger partial charge in [0.2, 0.25) is 5.91 Å². The molecule has 0 bridgehead atoms. The van der Waals surface area contributed by atoms with Crippen LogP contribution in [0.2, 0.25) is 5.02 Å². The number of anilines is 1. The number of hydrogen-bond donors (Lipinski definition) is 3. The van der Waals surface area contributed by atoms with Crippen LogP contribution < -0.4 is 11.1 Å². The van der Waals surface area contributed by atoms with E-state index in [2.05, 4.69) is 20.3 Å². The van der Waals surface area contributed by atoms with Crippen LogP contribution in [0.4, 0.5) is 5.69 Å². The van der Waals surface area contributed by atoms with Gasteiger partial charge in [0.25, 0.3) is 5.91 Å². The first-order valence-corrected chi connectivity index (χ1v) is 8.71. The number of halogens is 1. The number of imidazole rings is 1. The van der Waals surface area contributed by atoms with Crippen LogP contribution in [-0.4, -0.2) is 26.8 Å². The Hall–Kier alpha value is -3.71. The van der Waals surface area contributed by atoms with E-state index in [4.69, 9.17) is 17.3 Å². The van der Waals surface area contributed by atoms with E-state index >= 15 is 0 Å². The maximum atomic E-state index is 12.6. The number of H-pyrrole nitrogens is 1. The van der Waals surface area contributed by atoms with Crippen molar-refractivity contribution in [3.05, 3.63) is 76.9 Å². The fourth-order valence-corrected chi connectivity index (χ4v) is 2.96. The number of amides is 2. The predicted octanol–water partition coefficient (Wildman–Crippen LogP) is 3.63. The summed E-state index contributed by atoms with van der Waals surface area (Å²) in [7, 11) is 0. The normalized spacial score (nSPS) is 10.8. The number of fused-ring (bicyclic) bond motifs is 1. The van der Waals surface area contributed by atoms with E-state index < -0.39 is 11.8 Å². The summed E-state index contributed by atoms with van der Waals surface area (Å²) in [6.45, 7) is 0. The topological polar surface area (TPSA) is 114 Å². The number of aromatic amines is 1. The number of carbonyl (C=O) groups is 2. The number of benzene rings is 2. The smallest absolute Gasteiger partial charge is 0.257 e. The van der Waals surface area contributed by atoms with Crippen LogP contribution in [0, 0.1) is 0 Å². The summed E-state index contributed by atoms with van der Waals surface area (Å²) in [6, 6.07) is 15.7. The van der Waals surface area contributed by atoms with Gasteiger partial charge in [-0.3, -0.25) is 9.59 Å². The molecule has 28 heavy (non-hydrogen) atoms. The van der Waals surface area contributed by atoms with Crippen molar-refractivity contribution in [2.75, 3.05) is 5.32 Å². The second-order valence-electron chi connectivity index (χ2n) is 6.06. The molecule has 0 fully saturated rings. The summed E-state index contributed by atoms with van der Waals surface area (Å²) in [5.41, 5.74) is 8.21. The lowest BCUT2D eigenvalue weighted by molar-refractivity contribution is 0.1000. The summed E-state index contributed by atoms with van der Waals surface area (Å²) in [5, 5.41) is 2.93. The van der Waals surface area contributed by atoms with Crippen molar-refractivity contribution in [1.29, 1.82) is 0 Å². The third-order valence-electron chi connectivity index (χ3n) is 4.14. The zero-order valence-electron chi connectivity index (χ0n) is 14.4. The van der Waals surface area contributed by atoms with Gasteiger partial charge >= 0.3 is 0 Å². The number of nitrogens with one attached hydrogen (secondary N) is 2. The Labute approximate surface area is 164 Å². The van der Waals surface area contributed by atoms with Gasteiger partial charge in [0.05, 0.1) is 28.0 Å². The van der Waals surface area contributed by atoms with Gasteiger partial charge in [0.15, 0.2) is 5.65 Å². The van der Waals surface area contributed by atoms with E-state index in [1.807, 2.05) is 30.3 Å². The van der Waals surface area contributed by atoms with E-state index in [0.717, 1.165) is 5.56 Å². The maximum Gasteiger partial charge on any atom is 0.257 e. The fraction of sp³-hybridized carbons (Fsp3) is 0. The molecule has 8 heteroatoms. The number of primary amides is 1. The van der Waals surface area contributed by atoms with Gasteiger partial charge in [-0.25, -0.2) is 9.97 Å². The number of aromatic nitrogens is 3. The number of pyridine rings is 1. The maximum absolute atomic E-state index is 12.6. The van der Waals surface area contributed by atoms with Gasteiger partial charge in [-0.05, 0) is 24.3 Å². The standard InChI is InChI=1S/C20H14ClN5O2/c21-15-7-6-12(17(22)27)8-14(15)20(28)24-13-9-16-19(23-10-13)26-18(25-16)11-4-2-1-3-5-11/h1-10H,(H2,22,27)(H,24,28)(H,23,25,26). The van der Waals surface area contributed by atoms with Crippen LogP contribution in [0.15, 0.2) is 60.8 Å². The first-order chi connectivity index (χ1) is 13.5. The SMILES string of the molecule is NC(=O)c1ccc(Cl)c(C(=O)Nc2cnc3nc(-c4ccccc4)[nH]c3c2)c1. The van der Waals surface area contributed by atoms with Gasteiger partial charge in [-0.1, -0.05) is 41.9 Å². The fourth-order valence-electron chi connectivity index (χ4n) is 2.75. The van der Waals surface area contributed by atoms with Crippen LogP contribution in [0.1, 0.15) is 20.7 Å². The molecule has 0 aliphatic heterocycles. The van der Waals surface area contributed by atoms with E-state index in [-0.39, 0.29) is 16.1 Å². The Balaban J connectivity index is 1.62. The largest absolute Gasteiger partial charge is 0.366 e. The molecule has 2 amide bonds. The minimum Gasteiger partial charge on any atom is -0.366 e. The molecule has 0 radical (unpaired) electrons. The highest BCUT2D eigenvalue weighted by Gasteiger charge is 2.14. The van der Waals surface area contributed by atoms with Crippen molar-refractivity contribution in [3.63, 3.8) is 0 Å². The second-order valence-corrected chi connectivity index (χ2v) is 6.47. The molecule has 4 aromatic rings. The number of rotatable bonds is 4. The number of carbonyl (C=O) groups excluding carboxylic acids is 2. The van der Waals surface area contributed by atoms with Gasteiger partial charge in [0, 0.05) is 11.1 Å². The Morgan fingerprint density at radius 3 is 2.61 bits per heavy atom. The van der Waals surface area contributed by atoms with Crippen molar-refractivity contribution >= 4 is 40.3 Å².